The highest BCUT2D eigenvalue weighted by atomic mass is 16.5. The Morgan fingerprint density at radius 2 is 2.17 bits per heavy atom. The van der Waals surface area contributed by atoms with Crippen molar-refractivity contribution in [2.45, 2.75) is 18.9 Å². The van der Waals surface area contributed by atoms with Crippen molar-refractivity contribution in [2.75, 3.05) is 18.6 Å². The predicted octanol–water partition coefficient (Wildman–Crippen LogP) is 1.21. The molecule has 1 fully saturated rings. The van der Waals surface area contributed by atoms with Gasteiger partial charge in [-0.1, -0.05) is 0 Å². The van der Waals surface area contributed by atoms with Crippen molar-refractivity contribution in [3.8, 4) is 0 Å². The highest BCUT2D eigenvalue weighted by molar-refractivity contribution is 4.95. The van der Waals surface area contributed by atoms with Gasteiger partial charge < -0.3 is 10.2 Å². The summed E-state index contributed by atoms with van der Waals surface area (Å²) in [6.45, 7) is 1.75. The molecule has 1 aromatic rings. The zero-order valence-electron chi connectivity index (χ0n) is 7.07. The van der Waals surface area contributed by atoms with Gasteiger partial charge in [0.15, 0.2) is 0 Å². The topological polar surface area (TPSA) is 26.2 Å². The first-order valence-electron chi connectivity index (χ1n) is 4.42. The molecule has 3 heteroatoms. The van der Waals surface area contributed by atoms with E-state index in [1.807, 2.05) is 29.2 Å². The Labute approximate surface area is 72.3 Å². The monoisotopic (exact) mass is 166 g/mol. The van der Waals surface area contributed by atoms with Crippen LogP contribution in [-0.2, 0) is 4.74 Å². The number of hydrogen-bond acceptors (Lipinski definition) is 2. The fourth-order valence-electron chi connectivity index (χ4n) is 1.47. The number of nitrogens with one attached hydrogen (secondary N) is 1. The molecule has 0 saturated carbocycles. The summed E-state index contributed by atoms with van der Waals surface area (Å²) >= 11 is 0. The molecular formula is C9H14N2O. The van der Waals surface area contributed by atoms with Crippen LogP contribution in [0.1, 0.15) is 12.8 Å². The summed E-state index contributed by atoms with van der Waals surface area (Å²) in [6, 6.07) is 4.50. The quantitative estimate of drug-likeness (QED) is 0.714. The van der Waals surface area contributed by atoms with E-state index in [2.05, 4.69) is 5.43 Å². The van der Waals surface area contributed by atoms with Crippen LogP contribution < -0.4 is 5.43 Å². The first-order valence-corrected chi connectivity index (χ1v) is 4.42. The van der Waals surface area contributed by atoms with Crippen LogP contribution in [0.3, 0.4) is 0 Å². The van der Waals surface area contributed by atoms with Gasteiger partial charge in [-0.05, 0) is 25.0 Å². The lowest BCUT2D eigenvalue weighted by Crippen LogP contribution is -2.34. The summed E-state index contributed by atoms with van der Waals surface area (Å²) in [4.78, 5) is 0. The molecule has 0 aliphatic carbocycles. The summed E-state index contributed by atoms with van der Waals surface area (Å²) in [7, 11) is 0. The fraction of sp³-hybridized carbons (Fsp3) is 0.556. The SMILES string of the molecule is c1ccn(NC2CCCOC2)c1. The largest absolute Gasteiger partial charge is 0.379 e. The van der Waals surface area contributed by atoms with Gasteiger partial charge in [-0.2, -0.15) is 0 Å². The van der Waals surface area contributed by atoms with E-state index in [1.54, 1.807) is 0 Å². The summed E-state index contributed by atoms with van der Waals surface area (Å²) in [5, 5.41) is 0. The summed E-state index contributed by atoms with van der Waals surface area (Å²) in [5.41, 5.74) is 3.35. The van der Waals surface area contributed by atoms with E-state index in [-0.39, 0.29) is 0 Å². The van der Waals surface area contributed by atoms with Crippen LogP contribution >= 0.6 is 0 Å². The molecule has 1 unspecified atom stereocenters. The second kappa shape index (κ2) is 3.63. The molecule has 1 N–H and O–H groups in total. The van der Waals surface area contributed by atoms with Gasteiger partial charge in [0, 0.05) is 19.0 Å². The van der Waals surface area contributed by atoms with Gasteiger partial charge in [-0.15, -0.1) is 0 Å². The zero-order valence-corrected chi connectivity index (χ0v) is 7.07. The molecule has 0 aromatic carbocycles. The standard InChI is InChI=1S/C9H14N2O/c1-2-6-11(5-1)10-9-4-3-7-12-8-9/h1-2,5-6,9-10H,3-4,7-8H2. The van der Waals surface area contributed by atoms with Crippen LogP contribution in [-0.4, -0.2) is 23.9 Å². The zero-order chi connectivity index (χ0) is 8.23. The average Bonchev–Trinajstić information content (AvgIpc) is 2.59. The first-order chi connectivity index (χ1) is 5.95. The molecule has 2 rings (SSSR count). The van der Waals surface area contributed by atoms with E-state index in [4.69, 9.17) is 4.74 Å². The van der Waals surface area contributed by atoms with Gasteiger partial charge in [-0.3, -0.25) is 4.68 Å². The van der Waals surface area contributed by atoms with Gasteiger partial charge in [0.1, 0.15) is 0 Å². The molecule has 66 valence electrons. The third kappa shape index (κ3) is 1.80. The first kappa shape index (κ1) is 7.68. The van der Waals surface area contributed by atoms with Crippen molar-refractivity contribution in [3.05, 3.63) is 24.5 Å². The Morgan fingerprint density at radius 1 is 1.33 bits per heavy atom. The predicted molar refractivity (Wildman–Crippen MR) is 47.6 cm³/mol. The summed E-state index contributed by atoms with van der Waals surface area (Å²) in [6.07, 6.45) is 6.39. The lowest BCUT2D eigenvalue weighted by Gasteiger charge is -2.24. The molecule has 0 bridgehead atoms. The maximum Gasteiger partial charge on any atom is 0.0683 e. The van der Waals surface area contributed by atoms with Gasteiger partial charge in [0.05, 0.1) is 12.6 Å². The summed E-state index contributed by atoms with van der Waals surface area (Å²) in [5.74, 6) is 0. The molecule has 2 heterocycles. The summed E-state index contributed by atoms with van der Waals surface area (Å²) < 4.78 is 7.34. The Bertz CT molecular complexity index is 214. The lowest BCUT2D eigenvalue weighted by atomic mass is 10.1. The van der Waals surface area contributed by atoms with Crippen molar-refractivity contribution in [3.63, 3.8) is 0 Å². The van der Waals surface area contributed by atoms with E-state index in [0.717, 1.165) is 13.2 Å². The number of hydrogen-bond donors (Lipinski definition) is 1. The molecule has 1 aliphatic heterocycles. The molecule has 0 spiro atoms. The van der Waals surface area contributed by atoms with E-state index in [0.29, 0.717) is 6.04 Å². The second-order valence-corrected chi connectivity index (χ2v) is 3.13. The van der Waals surface area contributed by atoms with Gasteiger partial charge >= 0.3 is 0 Å². The molecule has 0 amide bonds. The normalized spacial score (nSPS) is 23.8. The molecule has 12 heavy (non-hydrogen) atoms. The minimum Gasteiger partial charge on any atom is -0.379 e. The van der Waals surface area contributed by atoms with Crippen LogP contribution in [0.4, 0.5) is 0 Å². The number of aromatic nitrogens is 1. The molecule has 0 radical (unpaired) electrons. The lowest BCUT2D eigenvalue weighted by molar-refractivity contribution is 0.0842. The Hall–Kier alpha value is -0.960. The van der Waals surface area contributed by atoms with Gasteiger partial charge in [0.2, 0.25) is 0 Å². The average molecular weight is 166 g/mol. The van der Waals surface area contributed by atoms with Crippen molar-refractivity contribution in [1.29, 1.82) is 0 Å². The van der Waals surface area contributed by atoms with Crippen molar-refractivity contribution < 1.29 is 4.74 Å². The molecule has 1 atom stereocenters. The molecule has 1 aromatic heterocycles. The fourth-order valence-corrected chi connectivity index (χ4v) is 1.47. The van der Waals surface area contributed by atoms with E-state index in [9.17, 15) is 0 Å². The maximum atomic E-state index is 5.36. The Morgan fingerprint density at radius 3 is 2.83 bits per heavy atom. The third-order valence-corrected chi connectivity index (χ3v) is 2.10. The van der Waals surface area contributed by atoms with E-state index in [1.165, 1.54) is 12.8 Å². The molecular weight excluding hydrogens is 152 g/mol. The molecule has 1 saturated heterocycles. The number of ether oxygens (including phenoxy) is 1. The minimum atomic E-state index is 0.478. The smallest absolute Gasteiger partial charge is 0.0683 e. The van der Waals surface area contributed by atoms with Crippen molar-refractivity contribution >= 4 is 0 Å². The third-order valence-electron chi connectivity index (χ3n) is 2.10. The second-order valence-electron chi connectivity index (χ2n) is 3.13. The Balaban J connectivity index is 1.86. The highest BCUT2D eigenvalue weighted by Crippen LogP contribution is 2.06. The van der Waals surface area contributed by atoms with Gasteiger partial charge in [-0.25, -0.2) is 0 Å². The molecule has 1 aliphatic rings. The van der Waals surface area contributed by atoms with E-state index < -0.39 is 0 Å². The minimum absolute atomic E-state index is 0.478. The number of nitrogens with zero attached hydrogens (tertiary/aromatic N) is 1. The van der Waals surface area contributed by atoms with Gasteiger partial charge in [0.25, 0.3) is 0 Å². The van der Waals surface area contributed by atoms with E-state index >= 15 is 0 Å². The highest BCUT2D eigenvalue weighted by Gasteiger charge is 2.12. The van der Waals surface area contributed by atoms with Crippen LogP contribution in [0, 0.1) is 0 Å². The van der Waals surface area contributed by atoms with Crippen LogP contribution in [0.15, 0.2) is 24.5 Å². The van der Waals surface area contributed by atoms with Crippen LogP contribution in [0.2, 0.25) is 0 Å². The Kier molecular flexibility index (Phi) is 2.32. The van der Waals surface area contributed by atoms with Crippen molar-refractivity contribution in [1.82, 2.24) is 4.68 Å². The van der Waals surface area contributed by atoms with Crippen LogP contribution in [0.25, 0.3) is 0 Å². The van der Waals surface area contributed by atoms with Crippen molar-refractivity contribution in [2.24, 2.45) is 0 Å². The molecule has 3 nitrogen and oxygen atoms in total. The number of rotatable bonds is 2. The maximum absolute atomic E-state index is 5.36. The van der Waals surface area contributed by atoms with Crippen LogP contribution in [0.5, 0.6) is 0 Å².